The summed E-state index contributed by atoms with van der Waals surface area (Å²) in [4.78, 5) is 12.6. The summed E-state index contributed by atoms with van der Waals surface area (Å²) in [6.45, 7) is 2.40. The molecular weight excluding hydrogens is 404 g/mol. The molecule has 4 rings (SSSR count). The van der Waals surface area contributed by atoms with Crippen molar-refractivity contribution in [2.24, 2.45) is 0 Å². The van der Waals surface area contributed by atoms with Gasteiger partial charge in [-0.15, -0.1) is 0 Å². The molecule has 1 heterocycles. The minimum absolute atomic E-state index is 0.337. The van der Waals surface area contributed by atoms with Gasteiger partial charge in [-0.2, -0.15) is 0 Å². The normalized spacial score (nSPS) is 10.9. The summed E-state index contributed by atoms with van der Waals surface area (Å²) in [7, 11) is 0. The second-order valence-electron chi connectivity index (χ2n) is 6.33. The third-order valence-electron chi connectivity index (χ3n) is 4.52. The zero-order valence-corrected chi connectivity index (χ0v) is 16.3. The fourth-order valence-corrected chi connectivity index (χ4v) is 3.38. The number of aryl methyl sites for hydroxylation is 1. The molecule has 4 aromatic rings. The Hall–Kier alpha value is -2.85. The van der Waals surface area contributed by atoms with Crippen LogP contribution in [0.2, 0.25) is 0 Å². The van der Waals surface area contributed by atoms with Crippen LogP contribution < -0.4 is 10.4 Å². The van der Waals surface area contributed by atoms with E-state index in [1.165, 1.54) is 0 Å². The van der Waals surface area contributed by atoms with E-state index in [9.17, 15) is 4.79 Å². The van der Waals surface area contributed by atoms with E-state index in [1.807, 2.05) is 73.7 Å². The molecule has 0 N–H and O–H groups in total. The average molecular weight is 421 g/mol. The quantitative estimate of drug-likeness (QED) is 0.373. The summed E-state index contributed by atoms with van der Waals surface area (Å²) in [5.41, 5.74) is 3.64. The third-order valence-corrected chi connectivity index (χ3v) is 5.05. The lowest BCUT2D eigenvalue weighted by Crippen LogP contribution is -2.06. The van der Waals surface area contributed by atoms with Crippen molar-refractivity contribution < 1.29 is 9.15 Å². The molecule has 1 aromatic heterocycles. The molecule has 0 radical (unpaired) electrons. The molecule has 3 aromatic carbocycles. The Balaban J connectivity index is 1.67. The number of hydrogen-bond acceptors (Lipinski definition) is 3. The summed E-state index contributed by atoms with van der Waals surface area (Å²) in [5.74, 6) is 0.667. The summed E-state index contributed by atoms with van der Waals surface area (Å²) < 4.78 is 12.5. The summed E-state index contributed by atoms with van der Waals surface area (Å²) in [6.07, 6.45) is 0. The third kappa shape index (κ3) is 3.67. The molecule has 3 nitrogen and oxygen atoms in total. The van der Waals surface area contributed by atoms with E-state index in [0.29, 0.717) is 23.5 Å². The van der Waals surface area contributed by atoms with Gasteiger partial charge in [-0.3, -0.25) is 0 Å². The average Bonchev–Trinajstić information content (AvgIpc) is 2.68. The molecule has 0 aliphatic heterocycles. The first-order chi connectivity index (χ1) is 13.1. The largest absolute Gasteiger partial charge is 0.489 e. The van der Waals surface area contributed by atoms with Crippen molar-refractivity contribution in [3.63, 3.8) is 0 Å². The van der Waals surface area contributed by atoms with Gasteiger partial charge in [0, 0.05) is 15.9 Å². The predicted molar refractivity (Wildman–Crippen MR) is 111 cm³/mol. The van der Waals surface area contributed by atoms with Gasteiger partial charge in [0.05, 0.1) is 5.56 Å². The Labute approximate surface area is 165 Å². The number of fused-ring (bicyclic) bond motifs is 1. The molecule has 0 amide bonds. The maximum atomic E-state index is 12.6. The summed E-state index contributed by atoms with van der Waals surface area (Å²) in [5, 5.41) is 0.907. The second-order valence-corrected chi connectivity index (χ2v) is 7.24. The SMILES string of the molecule is Cc1c(-c2ccccc2)c(=O)oc2cc(OCc3ccc(Br)cc3)ccc12. The molecule has 0 spiro atoms. The van der Waals surface area contributed by atoms with Gasteiger partial charge in [-0.05, 0) is 47.9 Å². The van der Waals surface area contributed by atoms with Crippen molar-refractivity contribution in [1.29, 1.82) is 0 Å². The minimum Gasteiger partial charge on any atom is -0.489 e. The van der Waals surface area contributed by atoms with E-state index in [0.717, 1.165) is 26.5 Å². The molecule has 4 heteroatoms. The zero-order chi connectivity index (χ0) is 18.8. The van der Waals surface area contributed by atoms with Crippen LogP contribution in [0.5, 0.6) is 5.75 Å². The number of hydrogen-bond donors (Lipinski definition) is 0. The molecular formula is C23H17BrO3. The standard InChI is InChI=1S/C23H17BrO3/c1-15-20-12-11-19(26-14-16-7-9-18(24)10-8-16)13-21(20)27-23(25)22(15)17-5-3-2-4-6-17/h2-13H,14H2,1H3. The smallest absolute Gasteiger partial charge is 0.344 e. The van der Waals surface area contributed by atoms with Gasteiger partial charge in [0.2, 0.25) is 0 Å². The fourth-order valence-electron chi connectivity index (χ4n) is 3.11. The van der Waals surface area contributed by atoms with Gasteiger partial charge in [0.15, 0.2) is 0 Å². The van der Waals surface area contributed by atoms with Crippen LogP contribution in [0.4, 0.5) is 0 Å². The Morgan fingerprint density at radius 1 is 0.963 bits per heavy atom. The van der Waals surface area contributed by atoms with Crippen molar-refractivity contribution >= 4 is 26.9 Å². The van der Waals surface area contributed by atoms with Crippen LogP contribution in [0, 0.1) is 6.92 Å². The van der Waals surface area contributed by atoms with E-state index in [2.05, 4.69) is 15.9 Å². The molecule has 134 valence electrons. The maximum Gasteiger partial charge on any atom is 0.344 e. The fraction of sp³-hybridized carbons (Fsp3) is 0.0870. The van der Waals surface area contributed by atoms with Gasteiger partial charge >= 0.3 is 5.63 Å². The number of halogens is 1. The van der Waals surface area contributed by atoms with Gasteiger partial charge in [0.25, 0.3) is 0 Å². The number of ether oxygens (including phenoxy) is 1. The van der Waals surface area contributed by atoms with E-state index in [4.69, 9.17) is 9.15 Å². The van der Waals surface area contributed by atoms with E-state index >= 15 is 0 Å². The number of rotatable bonds is 4. The van der Waals surface area contributed by atoms with Crippen molar-refractivity contribution in [2.45, 2.75) is 13.5 Å². The summed E-state index contributed by atoms with van der Waals surface area (Å²) >= 11 is 3.42. The second kappa shape index (κ2) is 7.41. The molecule has 0 saturated carbocycles. The zero-order valence-electron chi connectivity index (χ0n) is 14.7. The molecule has 0 atom stereocenters. The van der Waals surface area contributed by atoms with E-state index in [1.54, 1.807) is 6.07 Å². The highest BCUT2D eigenvalue weighted by atomic mass is 79.9. The van der Waals surface area contributed by atoms with Gasteiger partial charge < -0.3 is 9.15 Å². The molecule has 0 bridgehead atoms. The monoisotopic (exact) mass is 420 g/mol. The van der Waals surface area contributed by atoms with Crippen LogP contribution in [0.3, 0.4) is 0 Å². The van der Waals surface area contributed by atoms with Crippen LogP contribution in [0.25, 0.3) is 22.1 Å². The van der Waals surface area contributed by atoms with E-state index in [-0.39, 0.29) is 5.63 Å². The van der Waals surface area contributed by atoms with Crippen molar-refractivity contribution in [3.05, 3.63) is 98.8 Å². The van der Waals surface area contributed by atoms with Crippen LogP contribution in [-0.4, -0.2) is 0 Å². The van der Waals surface area contributed by atoms with Gasteiger partial charge in [-0.1, -0.05) is 58.4 Å². The van der Waals surface area contributed by atoms with Crippen LogP contribution in [0.1, 0.15) is 11.1 Å². The number of benzene rings is 3. The lowest BCUT2D eigenvalue weighted by atomic mass is 10.00. The molecule has 0 unspecified atom stereocenters. The van der Waals surface area contributed by atoms with Gasteiger partial charge in [0.1, 0.15) is 17.9 Å². The van der Waals surface area contributed by atoms with Crippen molar-refractivity contribution in [3.8, 4) is 16.9 Å². The van der Waals surface area contributed by atoms with E-state index < -0.39 is 0 Å². The van der Waals surface area contributed by atoms with Crippen molar-refractivity contribution in [2.75, 3.05) is 0 Å². The highest BCUT2D eigenvalue weighted by Crippen LogP contribution is 2.29. The highest BCUT2D eigenvalue weighted by molar-refractivity contribution is 9.10. The van der Waals surface area contributed by atoms with Crippen LogP contribution in [0.15, 0.2) is 86.5 Å². The van der Waals surface area contributed by atoms with Gasteiger partial charge in [-0.25, -0.2) is 4.79 Å². The summed E-state index contributed by atoms with van der Waals surface area (Å²) in [6, 6.07) is 23.2. The highest BCUT2D eigenvalue weighted by Gasteiger charge is 2.13. The van der Waals surface area contributed by atoms with Crippen molar-refractivity contribution in [1.82, 2.24) is 0 Å². The molecule has 0 saturated heterocycles. The first-order valence-corrected chi connectivity index (χ1v) is 9.41. The Kier molecular flexibility index (Phi) is 4.82. The maximum absolute atomic E-state index is 12.6. The molecule has 27 heavy (non-hydrogen) atoms. The lowest BCUT2D eigenvalue weighted by molar-refractivity contribution is 0.306. The van der Waals surface area contributed by atoms with Crippen LogP contribution >= 0.6 is 15.9 Å². The lowest BCUT2D eigenvalue weighted by Gasteiger charge is -2.10. The topological polar surface area (TPSA) is 39.4 Å². The predicted octanol–water partition coefficient (Wildman–Crippen LogP) is 6.11. The molecule has 0 fully saturated rings. The first-order valence-electron chi connectivity index (χ1n) is 8.62. The minimum atomic E-state index is -0.337. The Morgan fingerprint density at radius 3 is 2.44 bits per heavy atom. The van der Waals surface area contributed by atoms with Crippen LogP contribution in [-0.2, 0) is 6.61 Å². The Bertz CT molecular complexity index is 1150. The molecule has 0 aliphatic rings. The molecule has 0 aliphatic carbocycles. The Morgan fingerprint density at radius 2 is 1.70 bits per heavy atom. The first kappa shape index (κ1) is 17.6.